The number of guanidine groups is 1. The summed E-state index contributed by atoms with van der Waals surface area (Å²) in [6.45, 7) is 5.77. The van der Waals surface area contributed by atoms with Gasteiger partial charge in [-0.05, 0) is 24.1 Å². The van der Waals surface area contributed by atoms with Gasteiger partial charge in [-0.3, -0.25) is 4.99 Å². The molecule has 0 heterocycles. The van der Waals surface area contributed by atoms with Crippen molar-refractivity contribution in [3.05, 3.63) is 35.4 Å². The minimum atomic E-state index is -3.23. The lowest BCUT2D eigenvalue weighted by atomic mass is 10.1. The quantitative estimate of drug-likeness (QED) is 0.333. The van der Waals surface area contributed by atoms with E-state index in [0.717, 1.165) is 23.6 Å². The third-order valence-electron chi connectivity index (χ3n) is 3.05. The highest BCUT2D eigenvalue weighted by Crippen LogP contribution is 2.07. The lowest BCUT2D eigenvalue weighted by Gasteiger charge is -2.13. The Balaban J connectivity index is 0.00000484. The van der Waals surface area contributed by atoms with E-state index in [-0.39, 0.29) is 29.7 Å². The fraction of sp³-hybridized carbons (Fsp3) is 0.533. The van der Waals surface area contributed by atoms with Crippen LogP contribution in [-0.2, 0) is 22.3 Å². The van der Waals surface area contributed by atoms with Crippen molar-refractivity contribution in [2.45, 2.75) is 26.1 Å². The molecule has 6 nitrogen and oxygen atoms in total. The molecule has 0 aliphatic carbocycles. The van der Waals surface area contributed by atoms with Crippen LogP contribution in [0.25, 0.3) is 0 Å². The van der Waals surface area contributed by atoms with Crippen molar-refractivity contribution >= 4 is 40.0 Å². The molecule has 1 aromatic rings. The van der Waals surface area contributed by atoms with Crippen molar-refractivity contribution in [1.29, 1.82) is 0 Å². The monoisotopic (exact) mass is 454 g/mol. The second kappa shape index (κ2) is 10.8. The summed E-state index contributed by atoms with van der Waals surface area (Å²) in [5.74, 6) is 1.30. The number of rotatable bonds is 7. The van der Waals surface area contributed by atoms with Crippen molar-refractivity contribution < 1.29 is 8.42 Å². The first kappa shape index (κ1) is 22.1. The van der Waals surface area contributed by atoms with Crippen LogP contribution in [-0.4, -0.2) is 35.0 Å². The first-order chi connectivity index (χ1) is 10.4. The van der Waals surface area contributed by atoms with E-state index in [1.54, 1.807) is 7.05 Å². The fourth-order valence-corrected chi connectivity index (χ4v) is 2.53. The highest BCUT2D eigenvalue weighted by atomic mass is 127. The minimum Gasteiger partial charge on any atom is -0.356 e. The molecule has 0 aromatic heterocycles. The summed E-state index contributed by atoms with van der Waals surface area (Å²) in [4.78, 5) is 4.16. The molecule has 1 rings (SSSR count). The van der Waals surface area contributed by atoms with Gasteiger partial charge in [0.1, 0.15) is 0 Å². The third-order valence-corrected chi connectivity index (χ3v) is 4.39. The molecule has 0 radical (unpaired) electrons. The van der Waals surface area contributed by atoms with Crippen molar-refractivity contribution in [2.24, 2.45) is 10.9 Å². The maximum atomic E-state index is 11.5. The van der Waals surface area contributed by atoms with E-state index in [4.69, 9.17) is 0 Å². The average Bonchev–Trinajstić information content (AvgIpc) is 2.48. The second-order valence-corrected chi connectivity index (χ2v) is 7.41. The molecule has 1 aromatic carbocycles. The average molecular weight is 454 g/mol. The minimum absolute atomic E-state index is 0. The lowest BCUT2D eigenvalue weighted by molar-refractivity contribution is 0.587. The highest BCUT2D eigenvalue weighted by Gasteiger charge is 2.08. The van der Waals surface area contributed by atoms with Gasteiger partial charge in [-0.15, -0.1) is 24.0 Å². The number of aliphatic imine (C=N–C) groups is 1. The summed E-state index contributed by atoms with van der Waals surface area (Å²) in [5.41, 5.74) is 1.83. The standard InChI is InChI=1S/C15H26N4O2S.HI/c1-12(2)9-18-15(16-3)19-10-13-5-7-14(8-6-13)11-22(20,21)17-4;/h5-8,12,17H,9-11H2,1-4H3,(H2,16,18,19);1H. The van der Waals surface area contributed by atoms with Crippen LogP contribution >= 0.6 is 24.0 Å². The predicted octanol–water partition coefficient (Wildman–Crippen LogP) is 1.67. The summed E-state index contributed by atoms with van der Waals surface area (Å²) in [7, 11) is -0.0678. The van der Waals surface area contributed by atoms with Crippen LogP contribution in [0.2, 0.25) is 0 Å². The Morgan fingerprint density at radius 1 is 1.13 bits per heavy atom. The number of hydrogen-bond donors (Lipinski definition) is 3. The van der Waals surface area contributed by atoms with E-state index >= 15 is 0 Å². The summed E-state index contributed by atoms with van der Waals surface area (Å²) < 4.78 is 25.3. The van der Waals surface area contributed by atoms with E-state index in [0.29, 0.717) is 12.5 Å². The molecule has 23 heavy (non-hydrogen) atoms. The van der Waals surface area contributed by atoms with Gasteiger partial charge in [0.05, 0.1) is 5.75 Å². The Kier molecular flexibility index (Phi) is 10.4. The van der Waals surface area contributed by atoms with Crippen molar-refractivity contribution in [1.82, 2.24) is 15.4 Å². The normalized spacial score (nSPS) is 12.0. The molecule has 8 heteroatoms. The van der Waals surface area contributed by atoms with Crippen molar-refractivity contribution in [3.8, 4) is 0 Å². The summed E-state index contributed by atoms with van der Waals surface area (Å²) in [6.07, 6.45) is 0. The highest BCUT2D eigenvalue weighted by molar-refractivity contribution is 14.0. The van der Waals surface area contributed by atoms with E-state index in [2.05, 4.69) is 34.2 Å². The van der Waals surface area contributed by atoms with Gasteiger partial charge >= 0.3 is 0 Å². The first-order valence-electron chi connectivity index (χ1n) is 7.30. The maximum absolute atomic E-state index is 11.5. The second-order valence-electron chi connectivity index (χ2n) is 5.48. The van der Waals surface area contributed by atoms with Crippen LogP contribution in [0.4, 0.5) is 0 Å². The van der Waals surface area contributed by atoms with Crippen molar-refractivity contribution in [3.63, 3.8) is 0 Å². The molecule has 132 valence electrons. The first-order valence-corrected chi connectivity index (χ1v) is 8.95. The molecule has 0 saturated heterocycles. The van der Waals surface area contributed by atoms with Crippen LogP contribution in [0.1, 0.15) is 25.0 Å². The smallest absolute Gasteiger partial charge is 0.215 e. The van der Waals surface area contributed by atoms with Crippen LogP contribution in [0.5, 0.6) is 0 Å². The maximum Gasteiger partial charge on any atom is 0.215 e. The Labute approximate surface area is 156 Å². The number of nitrogens with zero attached hydrogens (tertiary/aromatic N) is 1. The van der Waals surface area contributed by atoms with E-state index in [1.807, 2.05) is 24.3 Å². The Hall–Kier alpha value is -0.870. The lowest BCUT2D eigenvalue weighted by Crippen LogP contribution is -2.38. The predicted molar refractivity (Wildman–Crippen MR) is 107 cm³/mol. The van der Waals surface area contributed by atoms with Gasteiger partial charge in [0.15, 0.2) is 5.96 Å². The van der Waals surface area contributed by atoms with E-state index in [9.17, 15) is 8.42 Å². The Morgan fingerprint density at radius 2 is 1.70 bits per heavy atom. The summed E-state index contributed by atoms with van der Waals surface area (Å²) in [5, 5.41) is 6.47. The topological polar surface area (TPSA) is 82.6 Å². The van der Waals surface area contributed by atoms with Gasteiger partial charge in [0, 0.05) is 20.1 Å². The number of hydrogen-bond acceptors (Lipinski definition) is 3. The molecule has 0 spiro atoms. The number of halogens is 1. The van der Waals surface area contributed by atoms with Gasteiger partial charge in [0.25, 0.3) is 0 Å². The van der Waals surface area contributed by atoms with Gasteiger partial charge in [-0.1, -0.05) is 38.1 Å². The van der Waals surface area contributed by atoms with Crippen LogP contribution in [0.3, 0.4) is 0 Å². The number of nitrogens with one attached hydrogen (secondary N) is 3. The molecular formula is C15H27IN4O2S. The van der Waals surface area contributed by atoms with Gasteiger partial charge < -0.3 is 10.6 Å². The van der Waals surface area contributed by atoms with Gasteiger partial charge in [-0.25, -0.2) is 13.1 Å². The molecule has 0 unspecified atom stereocenters. The molecule has 0 fully saturated rings. The van der Waals surface area contributed by atoms with Crippen LogP contribution in [0.15, 0.2) is 29.3 Å². The van der Waals surface area contributed by atoms with Crippen molar-refractivity contribution in [2.75, 3.05) is 20.6 Å². The largest absolute Gasteiger partial charge is 0.356 e. The zero-order valence-electron chi connectivity index (χ0n) is 14.1. The van der Waals surface area contributed by atoms with E-state index in [1.165, 1.54) is 7.05 Å². The van der Waals surface area contributed by atoms with Gasteiger partial charge in [-0.2, -0.15) is 0 Å². The molecule has 0 aliphatic rings. The Morgan fingerprint density at radius 3 is 2.17 bits per heavy atom. The number of sulfonamides is 1. The van der Waals surface area contributed by atoms with Gasteiger partial charge in [0.2, 0.25) is 10.0 Å². The Bertz CT molecular complexity index is 586. The molecule has 0 amide bonds. The summed E-state index contributed by atoms with van der Waals surface area (Å²) in [6, 6.07) is 7.50. The number of benzene rings is 1. The molecule has 0 saturated carbocycles. The zero-order valence-corrected chi connectivity index (χ0v) is 17.2. The molecule has 0 bridgehead atoms. The third kappa shape index (κ3) is 9.11. The SMILES string of the molecule is CN=C(NCc1ccc(CS(=O)(=O)NC)cc1)NCC(C)C.I. The van der Waals surface area contributed by atoms with E-state index < -0.39 is 10.0 Å². The van der Waals surface area contributed by atoms with Crippen LogP contribution < -0.4 is 15.4 Å². The van der Waals surface area contributed by atoms with Crippen LogP contribution in [0, 0.1) is 5.92 Å². The molecule has 3 N–H and O–H groups in total. The zero-order chi connectivity index (χ0) is 16.6. The fourth-order valence-electron chi connectivity index (χ4n) is 1.75. The molecule has 0 aliphatic heterocycles. The summed E-state index contributed by atoms with van der Waals surface area (Å²) >= 11 is 0. The molecular weight excluding hydrogens is 427 g/mol. The molecule has 0 atom stereocenters.